The molecule has 0 aliphatic carbocycles. The number of benzene rings is 1. The lowest BCUT2D eigenvalue weighted by Gasteiger charge is -2.30. The van der Waals surface area contributed by atoms with E-state index in [0.29, 0.717) is 5.92 Å². The van der Waals surface area contributed by atoms with Crippen LogP contribution in [-0.4, -0.2) is 33.4 Å². The number of aromatic nitrogens is 2. The highest BCUT2D eigenvalue weighted by Gasteiger charge is 2.25. The molecule has 1 aliphatic rings. The lowest BCUT2D eigenvalue weighted by atomic mass is 9.96. The van der Waals surface area contributed by atoms with Crippen molar-refractivity contribution >= 4 is 5.91 Å². The quantitative estimate of drug-likeness (QED) is 0.855. The first-order valence-corrected chi connectivity index (χ1v) is 7.59. The Morgan fingerprint density at radius 3 is 2.68 bits per heavy atom. The van der Waals surface area contributed by atoms with Crippen molar-refractivity contribution in [2.45, 2.75) is 25.7 Å². The van der Waals surface area contributed by atoms with Gasteiger partial charge in [0.05, 0.1) is 5.69 Å². The number of nitrogens with zero attached hydrogens (tertiary/aromatic N) is 3. The lowest BCUT2D eigenvalue weighted by Crippen LogP contribution is -2.36. The van der Waals surface area contributed by atoms with Gasteiger partial charge >= 0.3 is 0 Å². The van der Waals surface area contributed by atoms with Crippen LogP contribution in [0.25, 0.3) is 11.3 Å². The number of imidazole rings is 1. The Balaban J connectivity index is 1.80. The number of hydrogen-bond donors (Lipinski definition) is 0. The van der Waals surface area contributed by atoms with Crippen molar-refractivity contribution in [3.63, 3.8) is 0 Å². The maximum Gasteiger partial charge on any atom is 0.219 e. The van der Waals surface area contributed by atoms with Crippen molar-refractivity contribution in [1.82, 2.24) is 14.5 Å². The maximum atomic E-state index is 13.4. The van der Waals surface area contributed by atoms with E-state index >= 15 is 0 Å². The van der Waals surface area contributed by atoms with E-state index in [-0.39, 0.29) is 11.7 Å². The summed E-state index contributed by atoms with van der Waals surface area (Å²) in [5, 5.41) is 0. The Bertz CT molecular complexity index is 687. The van der Waals surface area contributed by atoms with E-state index in [2.05, 4.69) is 0 Å². The summed E-state index contributed by atoms with van der Waals surface area (Å²) < 4.78 is 15.4. The summed E-state index contributed by atoms with van der Waals surface area (Å²) in [6, 6.07) is 6.51. The first kappa shape index (κ1) is 14.8. The van der Waals surface area contributed by atoms with Crippen LogP contribution in [0.15, 0.2) is 30.5 Å². The van der Waals surface area contributed by atoms with Gasteiger partial charge in [0.15, 0.2) is 0 Å². The molecule has 0 atom stereocenters. The average Bonchev–Trinajstić information content (AvgIpc) is 2.89. The van der Waals surface area contributed by atoms with E-state index in [9.17, 15) is 9.18 Å². The average molecular weight is 301 g/mol. The molecule has 3 rings (SSSR count). The molecule has 1 aliphatic heterocycles. The molecule has 1 saturated heterocycles. The fraction of sp³-hybridized carbons (Fsp3) is 0.412. The highest BCUT2D eigenvalue weighted by molar-refractivity contribution is 5.73. The van der Waals surface area contributed by atoms with Crippen molar-refractivity contribution < 1.29 is 9.18 Å². The summed E-state index contributed by atoms with van der Waals surface area (Å²) in [6.45, 7) is 3.17. The number of rotatable bonds is 2. The van der Waals surface area contributed by atoms with Gasteiger partial charge in [-0.15, -0.1) is 0 Å². The van der Waals surface area contributed by atoms with Crippen molar-refractivity contribution in [1.29, 1.82) is 0 Å². The van der Waals surface area contributed by atoms with E-state index in [1.54, 1.807) is 13.0 Å². The van der Waals surface area contributed by atoms with Crippen LogP contribution in [0, 0.1) is 5.82 Å². The zero-order valence-electron chi connectivity index (χ0n) is 12.9. The van der Waals surface area contributed by atoms with Gasteiger partial charge in [-0.3, -0.25) is 4.79 Å². The molecule has 0 radical (unpaired) electrons. The SMILES string of the molecule is CC(=O)N1CCC(c2nc(-c3cccc(F)c3)cn2C)CC1. The minimum atomic E-state index is -0.250. The molecule has 1 aromatic heterocycles. The summed E-state index contributed by atoms with van der Waals surface area (Å²) in [7, 11) is 1.97. The molecule has 22 heavy (non-hydrogen) atoms. The number of piperidine rings is 1. The van der Waals surface area contributed by atoms with E-state index in [1.165, 1.54) is 12.1 Å². The van der Waals surface area contributed by atoms with Crippen molar-refractivity contribution in [3.05, 3.63) is 42.1 Å². The first-order chi connectivity index (χ1) is 10.5. The fourth-order valence-corrected chi connectivity index (χ4v) is 3.10. The molecule has 0 unspecified atom stereocenters. The molecule has 116 valence electrons. The van der Waals surface area contributed by atoms with Gasteiger partial charge in [0, 0.05) is 44.7 Å². The summed E-state index contributed by atoms with van der Waals surface area (Å²) in [5.41, 5.74) is 1.59. The van der Waals surface area contributed by atoms with Crippen LogP contribution in [0.5, 0.6) is 0 Å². The molecule has 1 amide bonds. The van der Waals surface area contributed by atoms with E-state index < -0.39 is 0 Å². The monoisotopic (exact) mass is 301 g/mol. The second-order valence-electron chi connectivity index (χ2n) is 5.89. The van der Waals surface area contributed by atoms with E-state index in [4.69, 9.17) is 4.98 Å². The van der Waals surface area contributed by atoms with Crippen molar-refractivity contribution in [2.24, 2.45) is 7.05 Å². The predicted octanol–water partition coefficient (Wildman–Crippen LogP) is 2.95. The number of carbonyl (C=O) groups excluding carboxylic acids is 1. The molecule has 4 nitrogen and oxygen atoms in total. The molecule has 0 saturated carbocycles. The Labute approximate surface area is 129 Å². The number of aryl methyl sites for hydroxylation is 1. The molecule has 0 N–H and O–H groups in total. The smallest absolute Gasteiger partial charge is 0.219 e. The number of hydrogen-bond acceptors (Lipinski definition) is 2. The van der Waals surface area contributed by atoms with Crippen LogP contribution in [-0.2, 0) is 11.8 Å². The topological polar surface area (TPSA) is 38.1 Å². The normalized spacial score (nSPS) is 16.0. The predicted molar refractivity (Wildman–Crippen MR) is 82.8 cm³/mol. The van der Waals surface area contributed by atoms with Gasteiger partial charge < -0.3 is 9.47 Å². The van der Waals surface area contributed by atoms with E-state index in [0.717, 1.165) is 43.0 Å². The van der Waals surface area contributed by atoms with Gasteiger partial charge in [-0.1, -0.05) is 12.1 Å². The molecule has 2 heterocycles. The molecule has 2 aromatic rings. The summed E-state index contributed by atoms with van der Waals surface area (Å²) >= 11 is 0. The third kappa shape index (κ3) is 2.89. The Hall–Kier alpha value is -2.17. The molecule has 1 aromatic carbocycles. The third-order valence-corrected chi connectivity index (χ3v) is 4.34. The molecule has 0 bridgehead atoms. The van der Waals surface area contributed by atoms with Crippen LogP contribution in [0.1, 0.15) is 31.5 Å². The highest BCUT2D eigenvalue weighted by Crippen LogP contribution is 2.29. The highest BCUT2D eigenvalue weighted by atomic mass is 19.1. The van der Waals surface area contributed by atoms with Gasteiger partial charge in [-0.05, 0) is 25.0 Å². The van der Waals surface area contributed by atoms with Gasteiger partial charge in [0.1, 0.15) is 11.6 Å². The van der Waals surface area contributed by atoms with Crippen molar-refractivity contribution in [2.75, 3.05) is 13.1 Å². The lowest BCUT2D eigenvalue weighted by molar-refractivity contribution is -0.129. The zero-order chi connectivity index (χ0) is 15.7. The van der Waals surface area contributed by atoms with Gasteiger partial charge in [0.25, 0.3) is 0 Å². The largest absolute Gasteiger partial charge is 0.343 e. The van der Waals surface area contributed by atoms with Crippen LogP contribution in [0.4, 0.5) is 4.39 Å². The summed E-state index contributed by atoms with van der Waals surface area (Å²) in [4.78, 5) is 18.0. The van der Waals surface area contributed by atoms with Crippen LogP contribution < -0.4 is 0 Å². The molecule has 5 heteroatoms. The molecule has 0 spiro atoms. The Morgan fingerprint density at radius 1 is 1.32 bits per heavy atom. The fourth-order valence-electron chi connectivity index (χ4n) is 3.10. The summed E-state index contributed by atoms with van der Waals surface area (Å²) in [5.74, 6) is 1.25. The molecular formula is C17H20FN3O. The Morgan fingerprint density at radius 2 is 2.05 bits per heavy atom. The first-order valence-electron chi connectivity index (χ1n) is 7.59. The Kier molecular flexibility index (Phi) is 3.96. The van der Waals surface area contributed by atoms with Gasteiger partial charge in [-0.25, -0.2) is 9.37 Å². The summed E-state index contributed by atoms with van der Waals surface area (Å²) in [6.07, 6.45) is 3.79. The third-order valence-electron chi connectivity index (χ3n) is 4.34. The maximum absolute atomic E-state index is 13.4. The zero-order valence-corrected chi connectivity index (χ0v) is 12.9. The number of likely N-dealkylation sites (tertiary alicyclic amines) is 1. The second kappa shape index (κ2) is 5.91. The van der Waals surface area contributed by atoms with Crippen LogP contribution >= 0.6 is 0 Å². The van der Waals surface area contributed by atoms with Crippen LogP contribution in [0.3, 0.4) is 0 Å². The van der Waals surface area contributed by atoms with Gasteiger partial charge in [-0.2, -0.15) is 0 Å². The molecule has 1 fully saturated rings. The number of halogens is 1. The minimum Gasteiger partial charge on any atom is -0.343 e. The number of amides is 1. The van der Waals surface area contributed by atoms with Crippen molar-refractivity contribution in [3.8, 4) is 11.3 Å². The van der Waals surface area contributed by atoms with Gasteiger partial charge in [0.2, 0.25) is 5.91 Å². The molecular weight excluding hydrogens is 281 g/mol. The van der Waals surface area contributed by atoms with E-state index in [1.807, 2.05) is 28.8 Å². The standard InChI is InChI=1S/C17H20FN3O/c1-12(22)21-8-6-13(7-9-21)17-19-16(11-20(17)2)14-4-3-5-15(18)10-14/h3-5,10-11,13H,6-9H2,1-2H3. The second-order valence-corrected chi connectivity index (χ2v) is 5.89. The minimum absolute atomic E-state index is 0.138. The van der Waals surface area contributed by atoms with Crippen LogP contribution in [0.2, 0.25) is 0 Å². The number of carbonyl (C=O) groups is 1.